The van der Waals surface area contributed by atoms with Crippen molar-refractivity contribution in [3.63, 3.8) is 0 Å². The summed E-state index contributed by atoms with van der Waals surface area (Å²) < 4.78 is 0. The van der Waals surface area contributed by atoms with Crippen molar-refractivity contribution in [2.24, 2.45) is 0 Å². The van der Waals surface area contributed by atoms with Gasteiger partial charge in [0.2, 0.25) is 0 Å². The molecular weight excluding hydrogens is 242 g/mol. The highest BCUT2D eigenvalue weighted by molar-refractivity contribution is 7.96. The molecule has 0 saturated heterocycles. The minimum atomic E-state index is -0.341. The Labute approximate surface area is 112 Å². The molecule has 0 heterocycles. The number of rotatable bonds is 3. The van der Waals surface area contributed by atoms with Crippen molar-refractivity contribution in [1.82, 2.24) is 0 Å². The van der Waals surface area contributed by atoms with Crippen LogP contribution in [0.25, 0.3) is 0 Å². The van der Waals surface area contributed by atoms with Gasteiger partial charge < -0.3 is 5.32 Å². The Kier molecular flexibility index (Phi) is 4.05. The highest BCUT2D eigenvalue weighted by Gasteiger charge is 2.04. The Balaban J connectivity index is 2.23. The van der Waals surface area contributed by atoms with E-state index in [1.807, 2.05) is 24.3 Å². The zero-order chi connectivity index (χ0) is 13.0. The van der Waals surface area contributed by atoms with Gasteiger partial charge >= 0.3 is 0 Å². The Hall–Kier alpha value is -1.74. The smallest absolute Gasteiger partial charge is 0.280 e. The Morgan fingerprint density at radius 1 is 1.11 bits per heavy atom. The second-order valence-corrected chi connectivity index (χ2v) is 4.66. The maximum Gasteiger partial charge on any atom is 0.280 e. The first-order valence-corrected chi connectivity index (χ1v) is 6.23. The molecule has 0 aliphatic heterocycles. The summed E-state index contributed by atoms with van der Waals surface area (Å²) in [5.74, 6) is 0. The lowest BCUT2D eigenvalue weighted by Gasteiger charge is -2.09. The maximum absolute atomic E-state index is 11.0. The second-order valence-electron chi connectivity index (χ2n) is 4.25. The van der Waals surface area contributed by atoms with Crippen LogP contribution in [-0.2, 0) is 6.42 Å². The van der Waals surface area contributed by atoms with Crippen LogP contribution in [-0.4, -0.2) is 5.24 Å². The zero-order valence-corrected chi connectivity index (χ0v) is 11.1. The lowest BCUT2D eigenvalue weighted by molar-refractivity contribution is 0.270. The van der Waals surface area contributed by atoms with Crippen LogP contribution in [0.2, 0.25) is 0 Å². The normalized spacial score (nSPS) is 10.1. The first-order valence-electron chi connectivity index (χ1n) is 5.78. The molecule has 0 radical (unpaired) electrons. The molecule has 1 N–H and O–H groups in total. The van der Waals surface area contributed by atoms with Crippen LogP contribution < -0.4 is 5.32 Å². The molecule has 0 aliphatic carbocycles. The zero-order valence-electron chi connectivity index (χ0n) is 10.2. The van der Waals surface area contributed by atoms with Gasteiger partial charge in [-0.05, 0) is 30.5 Å². The van der Waals surface area contributed by atoms with E-state index >= 15 is 0 Å². The summed E-state index contributed by atoms with van der Waals surface area (Å²) in [6, 6.07) is 16.2. The van der Waals surface area contributed by atoms with Crippen LogP contribution in [0, 0.1) is 6.92 Å². The molecule has 2 rings (SSSR count). The fourth-order valence-corrected chi connectivity index (χ4v) is 1.96. The van der Waals surface area contributed by atoms with Gasteiger partial charge in [-0.15, -0.1) is 0 Å². The summed E-state index contributed by atoms with van der Waals surface area (Å²) >= 11 is 3.75. The maximum atomic E-state index is 11.0. The van der Waals surface area contributed by atoms with Crippen LogP contribution in [0.3, 0.4) is 0 Å². The number of benzene rings is 2. The first-order chi connectivity index (χ1) is 8.65. The van der Waals surface area contributed by atoms with Crippen molar-refractivity contribution in [2.75, 3.05) is 5.32 Å². The number of carbonyl (C=O) groups excluding carboxylic acids is 1. The molecule has 0 spiro atoms. The van der Waals surface area contributed by atoms with E-state index in [0.29, 0.717) is 0 Å². The minimum absolute atomic E-state index is 0.341. The fourth-order valence-electron chi connectivity index (χ4n) is 1.84. The van der Waals surface area contributed by atoms with Gasteiger partial charge in [-0.1, -0.05) is 60.7 Å². The molecule has 2 aromatic rings. The van der Waals surface area contributed by atoms with E-state index in [-0.39, 0.29) is 5.24 Å². The Bertz CT molecular complexity index is 549. The molecule has 0 atom stereocenters. The summed E-state index contributed by atoms with van der Waals surface area (Å²) in [5.41, 5.74) is 4.37. The largest absolute Gasteiger partial charge is 0.317 e. The molecule has 3 heteroatoms. The fraction of sp³-hybridized carbons (Fsp3) is 0.133. The molecule has 0 saturated carbocycles. The van der Waals surface area contributed by atoms with Gasteiger partial charge in [0.25, 0.3) is 5.24 Å². The molecule has 18 heavy (non-hydrogen) atoms. The standard InChI is InChI=1S/C15H15NOS/c1-11-6-8-12(9-7-11)10-13-4-2-3-5-14(13)16-15(17)18/h2-9H,10H2,1H3,(H2,16,17,18). The second kappa shape index (κ2) is 5.74. The van der Waals surface area contributed by atoms with Crippen molar-refractivity contribution in [2.45, 2.75) is 13.3 Å². The molecule has 1 amide bonds. The number of aryl methyl sites for hydroxylation is 1. The van der Waals surface area contributed by atoms with Crippen molar-refractivity contribution in [1.29, 1.82) is 0 Å². The summed E-state index contributed by atoms with van der Waals surface area (Å²) in [5, 5.41) is 2.39. The average Bonchev–Trinajstić information content (AvgIpc) is 2.34. The van der Waals surface area contributed by atoms with E-state index in [4.69, 9.17) is 0 Å². The third-order valence-electron chi connectivity index (χ3n) is 2.77. The minimum Gasteiger partial charge on any atom is -0.317 e. The topological polar surface area (TPSA) is 29.1 Å². The highest BCUT2D eigenvalue weighted by atomic mass is 32.1. The number of hydrogen-bond acceptors (Lipinski definition) is 1. The number of amides is 1. The molecule has 2 nitrogen and oxygen atoms in total. The van der Waals surface area contributed by atoms with Gasteiger partial charge in [0.1, 0.15) is 0 Å². The number of nitrogens with one attached hydrogen (secondary N) is 1. The lowest BCUT2D eigenvalue weighted by atomic mass is 10.0. The van der Waals surface area contributed by atoms with E-state index in [0.717, 1.165) is 17.7 Å². The van der Waals surface area contributed by atoms with E-state index in [1.165, 1.54) is 11.1 Å². The third kappa shape index (κ3) is 3.37. The first kappa shape index (κ1) is 12.7. The number of hydrogen-bond donors (Lipinski definition) is 2. The third-order valence-corrected chi connectivity index (χ3v) is 2.89. The summed E-state index contributed by atoms with van der Waals surface area (Å²) in [6.45, 7) is 2.07. The highest BCUT2D eigenvalue weighted by Crippen LogP contribution is 2.19. The lowest BCUT2D eigenvalue weighted by Crippen LogP contribution is -2.04. The predicted molar refractivity (Wildman–Crippen MR) is 78.4 cm³/mol. The van der Waals surface area contributed by atoms with Gasteiger partial charge in [0.15, 0.2) is 0 Å². The van der Waals surface area contributed by atoms with E-state index < -0.39 is 0 Å². The van der Waals surface area contributed by atoms with Crippen LogP contribution in [0.1, 0.15) is 16.7 Å². The quantitative estimate of drug-likeness (QED) is 0.798. The van der Waals surface area contributed by atoms with Gasteiger partial charge in [-0.2, -0.15) is 0 Å². The van der Waals surface area contributed by atoms with E-state index in [2.05, 4.69) is 49.1 Å². The molecule has 0 bridgehead atoms. The van der Waals surface area contributed by atoms with Crippen molar-refractivity contribution in [3.05, 3.63) is 65.2 Å². The van der Waals surface area contributed by atoms with Gasteiger partial charge in [-0.25, -0.2) is 0 Å². The molecule has 92 valence electrons. The van der Waals surface area contributed by atoms with Gasteiger partial charge in [0, 0.05) is 5.69 Å². The molecule has 0 fully saturated rings. The monoisotopic (exact) mass is 257 g/mol. The van der Waals surface area contributed by atoms with Gasteiger partial charge in [-0.3, -0.25) is 4.79 Å². The number of anilines is 1. The molecular formula is C15H15NOS. The summed E-state index contributed by atoms with van der Waals surface area (Å²) in [4.78, 5) is 11.0. The van der Waals surface area contributed by atoms with Crippen LogP contribution in [0.4, 0.5) is 10.5 Å². The van der Waals surface area contributed by atoms with E-state index in [1.54, 1.807) is 0 Å². The van der Waals surface area contributed by atoms with Crippen molar-refractivity contribution < 1.29 is 4.79 Å². The SMILES string of the molecule is Cc1ccc(Cc2ccccc2NC(=O)S)cc1. The number of carbonyl (C=O) groups is 1. The van der Waals surface area contributed by atoms with E-state index in [9.17, 15) is 4.79 Å². The van der Waals surface area contributed by atoms with Gasteiger partial charge in [0.05, 0.1) is 0 Å². The predicted octanol–water partition coefficient (Wildman–Crippen LogP) is 4.05. The van der Waals surface area contributed by atoms with Crippen molar-refractivity contribution in [3.8, 4) is 0 Å². The average molecular weight is 257 g/mol. The molecule has 0 unspecified atom stereocenters. The van der Waals surface area contributed by atoms with Crippen molar-refractivity contribution >= 4 is 23.6 Å². The van der Waals surface area contributed by atoms with Crippen LogP contribution in [0.5, 0.6) is 0 Å². The number of para-hydroxylation sites is 1. The van der Waals surface area contributed by atoms with Crippen LogP contribution in [0.15, 0.2) is 48.5 Å². The number of thiol groups is 1. The summed E-state index contributed by atoms with van der Waals surface area (Å²) in [6.07, 6.45) is 0.796. The molecule has 0 aromatic heterocycles. The molecule has 2 aromatic carbocycles. The Morgan fingerprint density at radius 3 is 2.44 bits per heavy atom. The molecule has 0 aliphatic rings. The van der Waals surface area contributed by atoms with Crippen LogP contribution >= 0.6 is 12.6 Å². The Morgan fingerprint density at radius 2 is 1.78 bits per heavy atom. The summed E-state index contributed by atoms with van der Waals surface area (Å²) in [7, 11) is 0.